The number of hydrogen-bond donors (Lipinski definition) is 3. The predicted octanol–water partition coefficient (Wildman–Crippen LogP) is 3.98. The first-order valence-electron chi connectivity index (χ1n) is 10.0. The smallest absolute Gasteiger partial charge is 0.256 e. The van der Waals surface area contributed by atoms with Crippen LogP contribution in [0.4, 0.5) is 5.82 Å². The summed E-state index contributed by atoms with van der Waals surface area (Å²) in [4.78, 5) is 23.1. The van der Waals surface area contributed by atoms with E-state index in [1.165, 1.54) is 18.5 Å². The molecule has 4 heterocycles. The first-order valence-corrected chi connectivity index (χ1v) is 10.0. The average molecular weight is 388 g/mol. The first-order chi connectivity index (χ1) is 14.1. The van der Waals surface area contributed by atoms with E-state index >= 15 is 0 Å². The van der Waals surface area contributed by atoms with Gasteiger partial charge >= 0.3 is 0 Å². The molecule has 0 bridgehead atoms. The zero-order valence-corrected chi connectivity index (χ0v) is 16.6. The fourth-order valence-corrected chi connectivity index (χ4v) is 4.16. The molecular formula is C22H24N6O. The number of likely N-dealkylation sites (tertiary alicyclic amines) is 1. The number of rotatable bonds is 4. The standard InChI is InChI=1S/C22H24N6O/c1-13-4-3-7-28(13)12-17-8-16-11-23-21(10-20(16)24-17)25-22(29)15-5-6-19-18(9-15)14(2)26-27-19/h5-6,8-11,13,24H,3-4,7,12H2,1-2H3,(H,26,27)(H,23,25,29)/t13-/m0/s1. The molecule has 1 atom stereocenters. The van der Waals surface area contributed by atoms with E-state index in [-0.39, 0.29) is 5.91 Å². The van der Waals surface area contributed by atoms with Gasteiger partial charge in [0.1, 0.15) is 5.82 Å². The molecule has 0 radical (unpaired) electrons. The second-order valence-electron chi connectivity index (χ2n) is 7.94. The van der Waals surface area contributed by atoms with Crippen molar-refractivity contribution in [3.63, 3.8) is 0 Å². The highest BCUT2D eigenvalue weighted by molar-refractivity contribution is 6.06. The van der Waals surface area contributed by atoms with Crippen molar-refractivity contribution < 1.29 is 4.79 Å². The quantitative estimate of drug-likeness (QED) is 0.493. The number of aryl methyl sites for hydroxylation is 1. The summed E-state index contributed by atoms with van der Waals surface area (Å²) in [5, 5.41) is 12.0. The summed E-state index contributed by atoms with van der Waals surface area (Å²) in [6, 6.07) is 10.2. The van der Waals surface area contributed by atoms with Gasteiger partial charge in [-0.25, -0.2) is 4.98 Å². The number of nitrogens with zero attached hydrogens (tertiary/aromatic N) is 3. The Morgan fingerprint density at radius 1 is 1.28 bits per heavy atom. The molecule has 7 nitrogen and oxygen atoms in total. The lowest BCUT2D eigenvalue weighted by Gasteiger charge is -2.19. The lowest BCUT2D eigenvalue weighted by Crippen LogP contribution is -2.26. The summed E-state index contributed by atoms with van der Waals surface area (Å²) in [7, 11) is 0. The second-order valence-corrected chi connectivity index (χ2v) is 7.94. The number of H-pyrrole nitrogens is 2. The summed E-state index contributed by atoms with van der Waals surface area (Å²) >= 11 is 0. The van der Waals surface area contributed by atoms with Crippen molar-refractivity contribution in [3.05, 3.63) is 53.5 Å². The molecule has 1 fully saturated rings. The van der Waals surface area contributed by atoms with Crippen LogP contribution in [0.5, 0.6) is 0 Å². The van der Waals surface area contributed by atoms with Crippen LogP contribution in [0.1, 0.15) is 41.5 Å². The van der Waals surface area contributed by atoms with Crippen molar-refractivity contribution in [1.29, 1.82) is 0 Å². The monoisotopic (exact) mass is 388 g/mol. The van der Waals surface area contributed by atoms with Gasteiger partial charge in [0, 0.05) is 46.9 Å². The molecule has 1 aliphatic heterocycles. The number of fused-ring (bicyclic) bond motifs is 2. The minimum atomic E-state index is -0.183. The predicted molar refractivity (Wildman–Crippen MR) is 114 cm³/mol. The third-order valence-electron chi connectivity index (χ3n) is 5.88. The van der Waals surface area contributed by atoms with Crippen LogP contribution in [-0.2, 0) is 6.54 Å². The van der Waals surface area contributed by atoms with Crippen molar-refractivity contribution >= 4 is 33.5 Å². The number of amides is 1. The molecule has 29 heavy (non-hydrogen) atoms. The van der Waals surface area contributed by atoms with Crippen molar-refractivity contribution in [2.75, 3.05) is 11.9 Å². The van der Waals surface area contributed by atoms with Crippen molar-refractivity contribution in [3.8, 4) is 0 Å². The van der Waals surface area contributed by atoms with Crippen molar-refractivity contribution in [2.24, 2.45) is 0 Å². The van der Waals surface area contributed by atoms with Crippen LogP contribution in [-0.4, -0.2) is 43.6 Å². The van der Waals surface area contributed by atoms with Gasteiger partial charge in [-0.15, -0.1) is 0 Å². The van der Waals surface area contributed by atoms with Crippen LogP contribution >= 0.6 is 0 Å². The second kappa shape index (κ2) is 7.00. The Balaban J connectivity index is 1.35. The molecule has 1 aliphatic rings. The number of benzene rings is 1. The fourth-order valence-electron chi connectivity index (χ4n) is 4.16. The fraction of sp³-hybridized carbons (Fsp3) is 0.318. The van der Waals surface area contributed by atoms with Crippen LogP contribution in [0.15, 0.2) is 36.5 Å². The summed E-state index contributed by atoms with van der Waals surface area (Å²) in [6.07, 6.45) is 4.34. The minimum Gasteiger partial charge on any atom is -0.357 e. The van der Waals surface area contributed by atoms with Gasteiger partial charge in [0.15, 0.2) is 0 Å². The van der Waals surface area contributed by atoms with Gasteiger partial charge in [0.2, 0.25) is 0 Å². The minimum absolute atomic E-state index is 0.183. The molecule has 3 aromatic heterocycles. The molecule has 0 saturated carbocycles. The number of anilines is 1. The molecule has 148 valence electrons. The topological polar surface area (TPSA) is 89.7 Å². The van der Waals surface area contributed by atoms with Crippen LogP contribution in [0.25, 0.3) is 21.8 Å². The molecule has 0 unspecified atom stereocenters. The Bertz CT molecular complexity index is 1210. The maximum atomic E-state index is 12.7. The number of carbonyl (C=O) groups excluding carboxylic acids is 1. The van der Waals surface area contributed by atoms with E-state index in [4.69, 9.17) is 0 Å². The van der Waals surface area contributed by atoms with Crippen molar-refractivity contribution in [1.82, 2.24) is 25.1 Å². The SMILES string of the molecule is Cc1n[nH]c2ccc(C(=O)Nc3cc4[nH]c(CN5CCC[C@@H]5C)cc4cn3)cc12. The number of aromatic nitrogens is 4. The third-order valence-corrected chi connectivity index (χ3v) is 5.88. The van der Waals surface area contributed by atoms with E-state index in [0.717, 1.165) is 40.6 Å². The Labute approximate surface area is 168 Å². The number of aromatic amines is 2. The van der Waals surface area contributed by atoms with Crippen LogP contribution in [0.2, 0.25) is 0 Å². The lowest BCUT2D eigenvalue weighted by molar-refractivity contribution is 0.102. The Morgan fingerprint density at radius 3 is 3.00 bits per heavy atom. The zero-order chi connectivity index (χ0) is 20.0. The molecule has 5 rings (SSSR count). The molecule has 0 spiro atoms. The van der Waals surface area contributed by atoms with Gasteiger partial charge in [-0.1, -0.05) is 0 Å². The highest BCUT2D eigenvalue weighted by atomic mass is 16.1. The molecule has 1 aromatic carbocycles. The first kappa shape index (κ1) is 17.9. The Hall–Kier alpha value is -3.19. The van der Waals surface area contributed by atoms with E-state index in [1.807, 2.05) is 31.3 Å². The Morgan fingerprint density at radius 2 is 2.17 bits per heavy atom. The molecule has 4 aromatic rings. The molecule has 7 heteroatoms. The lowest BCUT2D eigenvalue weighted by atomic mass is 10.1. The zero-order valence-electron chi connectivity index (χ0n) is 16.6. The third kappa shape index (κ3) is 3.38. The normalized spacial score (nSPS) is 17.4. The molecule has 1 saturated heterocycles. The van der Waals surface area contributed by atoms with Gasteiger partial charge < -0.3 is 10.3 Å². The Kier molecular flexibility index (Phi) is 4.32. The summed E-state index contributed by atoms with van der Waals surface area (Å²) in [6.45, 7) is 6.27. The van der Waals surface area contributed by atoms with Gasteiger partial charge in [0.25, 0.3) is 5.91 Å². The van der Waals surface area contributed by atoms with Gasteiger partial charge in [0.05, 0.1) is 16.7 Å². The summed E-state index contributed by atoms with van der Waals surface area (Å²) in [5.41, 5.74) is 4.54. The van der Waals surface area contributed by atoms with E-state index in [9.17, 15) is 4.79 Å². The highest BCUT2D eigenvalue weighted by Crippen LogP contribution is 2.23. The number of hydrogen-bond acceptors (Lipinski definition) is 4. The number of carbonyl (C=O) groups is 1. The highest BCUT2D eigenvalue weighted by Gasteiger charge is 2.20. The molecule has 1 amide bonds. The average Bonchev–Trinajstić information content (AvgIpc) is 3.41. The summed E-state index contributed by atoms with van der Waals surface area (Å²) in [5.74, 6) is 0.353. The van der Waals surface area contributed by atoms with Crippen LogP contribution in [0.3, 0.4) is 0 Å². The molecule has 3 N–H and O–H groups in total. The maximum absolute atomic E-state index is 12.7. The molecule has 0 aliphatic carbocycles. The van der Waals surface area contributed by atoms with E-state index in [0.29, 0.717) is 17.4 Å². The summed E-state index contributed by atoms with van der Waals surface area (Å²) < 4.78 is 0. The molecular weight excluding hydrogens is 364 g/mol. The largest absolute Gasteiger partial charge is 0.357 e. The van der Waals surface area contributed by atoms with E-state index in [2.05, 4.69) is 43.4 Å². The number of nitrogens with one attached hydrogen (secondary N) is 3. The maximum Gasteiger partial charge on any atom is 0.256 e. The van der Waals surface area contributed by atoms with Crippen LogP contribution in [0, 0.1) is 6.92 Å². The van der Waals surface area contributed by atoms with Gasteiger partial charge in [-0.05, 0) is 57.5 Å². The van der Waals surface area contributed by atoms with E-state index < -0.39 is 0 Å². The van der Waals surface area contributed by atoms with E-state index in [1.54, 1.807) is 6.07 Å². The van der Waals surface area contributed by atoms with Gasteiger partial charge in [-0.2, -0.15) is 5.10 Å². The van der Waals surface area contributed by atoms with Crippen molar-refractivity contribution in [2.45, 2.75) is 39.3 Å². The van der Waals surface area contributed by atoms with Crippen LogP contribution < -0.4 is 5.32 Å². The number of pyridine rings is 1. The van der Waals surface area contributed by atoms with Gasteiger partial charge in [-0.3, -0.25) is 14.8 Å².